The lowest BCUT2D eigenvalue weighted by atomic mass is 10.1. The molecule has 0 radical (unpaired) electrons. The molecule has 6 heteroatoms. The maximum atomic E-state index is 13.5. The molecule has 3 aromatic rings. The standard InChI is InChI=1S/C24H29N3O2S/c1-4-19-6-8-21-22(16-19)30-24(25-21)27(10-9-26-11-13-29-14-12-26)23(28)20-7-5-17(2)18(3)15-20/h5-8,15-16H,4,9-14H2,1-3H3. The number of rotatable bonds is 6. The molecular weight excluding hydrogens is 394 g/mol. The lowest BCUT2D eigenvalue weighted by Crippen LogP contribution is -2.43. The third-order valence-corrected chi connectivity index (χ3v) is 6.86. The Morgan fingerprint density at radius 2 is 1.93 bits per heavy atom. The maximum Gasteiger partial charge on any atom is 0.260 e. The Bertz CT molecular complexity index is 1040. The Morgan fingerprint density at radius 1 is 1.13 bits per heavy atom. The van der Waals surface area contributed by atoms with Gasteiger partial charge >= 0.3 is 0 Å². The van der Waals surface area contributed by atoms with Crippen molar-refractivity contribution >= 4 is 32.6 Å². The molecule has 4 rings (SSSR count). The average molecular weight is 424 g/mol. The minimum Gasteiger partial charge on any atom is -0.379 e. The van der Waals surface area contributed by atoms with Gasteiger partial charge in [-0.2, -0.15) is 0 Å². The van der Waals surface area contributed by atoms with Crippen molar-refractivity contribution < 1.29 is 9.53 Å². The van der Waals surface area contributed by atoms with E-state index in [1.54, 1.807) is 11.3 Å². The van der Waals surface area contributed by atoms with Crippen LogP contribution in [0.4, 0.5) is 5.13 Å². The quantitative estimate of drug-likeness (QED) is 0.587. The number of nitrogens with zero attached hydrogens (tertiary/aromatic N) is 3. The van der Waals surface area contributed by atoms with E-state index < -0.39 is 0 Å². The number of aryl methyl sites for hydroxylation is 3. The summed E-state index contributed by atoms with van der Waals surface area (Å²) >= 11 is 1.60. The second-order valence-corrected chi connectivity index (χ2v) is 8.87. The SMILES string of the molecule is CCc1ccc2nc(N(CCN3CCOCC3)C(=O)c3ccc(C)c(C)c3)sc2c1. The van der Waals surface area contributed by atoms with Crippen molar-refractivity contribution in [1.29, 1.82) is 0 Å². The molecule has 0 N–H and O–H groups in total. The molecule has 2 aromatic carbocycles. The second-order valence-electron chi connectivity index (χ2n) is 7.86. The summed E-state index contributed by atoms with van der Waals surface area (Å²) < 4.78 is 6.59. The van der Waals surface area contributed by atoms with Crippen LogP contribution >= 0.6 is 11.3 Å². The van der Waals surface area contributed by atoms with E-state index in [9.17, 15) is 4.79 Å². The molecule has 0 spiro atoms. The summed E-state index contributed by atoms with van der Waals surface area (Å²) in [7, 11) is 0. The van der Waals surface area contributed by atoms with Crippen LogP contribution in [0.15, 0.2) is 36.4 Å². The van der Waals surface area contributed by atoms with Crippen LogP contribution in [-0.2, 0) is 11.2 Å². The van der Waals surface area contributed by atoms with Crippen LogP contribution in [0, 0.1) is 13.8 Å². The minimum absolute atomic E-state index is 0.0149. The molecule has 30 heavy (non-hydrogen) atoms. The Hall–Kier alpha value is -2.28. The molecule has 0 bridgehead atoms. The highest BCUT2D eigenvalue weighted by Crippen LogP contribution is 2.31. The fourth-order valence-corrected chi connectivity index (χ4v) is 4.73. The number of aromatic nitrogens is 1. The van der Waals surface area contributed by atoms with Crippen molar-refractivity contribution in [2.45, 2.75) is 27.2 Å². The normalized spacial score (nSPS) is 14.9. The smallest absolute Gasteiger partial charge is 0.260 e. The van der Waals surface area contributed by atoms with Gasteiger partial charge in [0.1, 0.15) is 0 Å². The van der Waals surface area contributed by atoms with E-state index in [2.05, 4.69) is 36.9 Å². The van der Waals surface area contributed by atoms with Crippen LogP contribution in [0.25, 0.3) is 10.2 Å². The average Bonchev–Trinajstić information content (AvgIpc) is 3.19. The zero-order chi connectivity index (χ0) is 21.1. The summed E-state index contributed by atoms with van der Waals surface area (Å²) in [6.45, 7) is 11.0. The van der Waals surface area contributed by atoms with Crippen LogP contribution < -0.4 is 4.90 Å². The van der Waals surface area contributed by atoms with Gasteiger partial charge in [0.05, 0.1) is 23.4 Å². The first-order chi connectivity index (χ1) is 14.5. The predicted octanol–water partition coefficient (Wildman–Crippen LogP) is 4.45. The van der Waals surface area contributed by atoms with Crippen molar-refractivity contribution in [3.05, 3.63) is 58.7 Å². The monoisotopic (exact) mass is 423 g/mol. The van der Waals surface area contributed by atoms with Crippen LogP contribution in [-0.4, -0.2) is 55.2 Å². The number of fused-ring (bicyclic) bond motifs is 1. The second kappa shape index (κ2) is 9.25. The fraction of sp³-hybridized carbons (Fsp3) is 0.417. The Labute approximate surface area is 182 Å². The van der Waals surface area contributed by atoms with Crippen LogP contribution in [0.3, 0.4) is 0 Å². The number of carbonyl (C=O) groups excluding carboxylic acids is 1. The van der Waals surface area contributed by atoms with E-state index in [4.69, 9.17) is 9.72 Å². The van der Waals surface area contributed by atoms with Gasteiger partial charge in [0.25, 0.3) is 5.91 Å². The van der Waals surface area contributed by atoms with Gasteiger partial charge in [-0.1, -0.05) is 30.4 Å². The number of hydrogen-bond donors (Lipinski definition) is 0. The van der Waals surface area contributed by atoms with E-state index >= 15 is 0 Å². The highest BCUT2D eigenvalue weighted by atomic mass is 32.1. The molecule has 0 unspecified atom stereocenters. The third kappa shape index (κ3) is 4.56. The zero-order valence-electron chi connectivity index (χ0n) is 18.0. The number of morpholine rings is 1. The number of ether oxygens (including phenoxy) is 1. The Morgan fingerprint density at radius 3 is 2.67 bits per heavy atom. The van der Waals surface area contributed by atoms with E-state index in [0.717, 1.165) is 60.2 Å². The molecule has 0 atom stereocenters. The molecule has 1 aliphatic rings. The first kappa shape index (κ1) is 21.0. The van der Waals surface area contributed by atoms with Crippen molar-refractivity contribution in [3.8, 4) is 0 Å². The van der Waals surface area contributed by atoms with Crippen LogP contribution in [0.1, 0.15) is 34.0 Å². The number of benzene rings is 2. The number of anilines is 1. The highest BCUT2D eigenvalue weighted by Gasteiger charge is 2.23. The minimum atomic E-state index is 0.0149. The number of thiazole rings is 1. The molecule has 1 aliphatic heterocycles. The summed E-state index contributed by atoms with van der Waals surface area (Å²) in [5, 5.41) is 0.773. The highest BCUT2D eigenvalue weighted by molar-refractivity contribution is 7.22. The predicted molar refractivity (Wildman–Crippen MR) is 124 cm³/mol. The van der Waals surface area contributed by atoms with Gasteiger partial charge in [0, 0.05) is 31.7 Å². The van der Waals surface area contributed by atoms with Crippen molar-refractivity contribution in [3.63, 3.8) is 0 Å². The van der Waals surface area contributed by atoms with Crippen LogP contribution in [0.2, 0.25) is 0 Å². The van der Waals surface area contributed by atoms with Gasteiger partial charge in [0.15, 0.2) is 5.13 Å². The van der Waals surface area contributed by atoms with Gasteiger partial charge < -0.3 is 4.74 Å². The lowest BCUT2D eigenvalue weighted by molar-refractivity contribution is 0.0391. The molecular formula is C24H29N3O2S. The molecule has 1 amide bonds. The van der Waals surface area contributed by atoms with Crippen molar-refractivity contribution in [1.82, 2.24) is 9.88 Å². The van der Waals surface area contributed by atoms with Gasteiger partial charge in [-0.05, 0) is 61.2 Å². The van der Waals surface area contributed by atoms with Gasteiger partial charge in [-0.15, -0.1) is 0 Å². The summed E-state index contributed by atoms with van der Waals surface area (Å²) in [5.74, 6) is 0.0149. The molecule has 2 heterocycles. The molecule has 1 fully saturated rings. The summed E-state index contributed by atoms with van der Waals surface area (Å²) in [6.07, 6.45) is 0.992. The number of hydrogen-bond acceptors (Lipinski definition) is 5. The fourth-order valence-electron chi connectivity index (χ4n) is 3.67. The molecule has 1 aromatic heterocycles. The van der Waals surface area contributed by atoms with E-state index in [-0.39, 0.29) is 5.91 Å². The molecule has 5 nitrogen and oxygen atoms in total. The first-order valence-corrected chi connectivity index (χ1v) is 11.5. The molecule has 0 aliphatic carbocycles. The van der Waals surface area contributed by atoms with Crippen molar-refractivity contribution in [2.75, 3.05) is 44.3 Å². The van der Waals surface area contributed by atoms with E-state index in [1.807, 2.05) is 30.0 Å². The summed E-state index contributed by atoms with van der Waals surface area (Å²) in [6, 6.07) is 12.3. The maximum absolute atomic E-state index is 13.5. The third-order valence-electron chi connectivity index (χ3n) is 5.82. The Kier molecular flexibility index (Phi) is 6.46. The van der Waals surface area contributed by atoms with Crippen LogP contribution in [0.5, 0.6) is 0 Å². The lowest BCUT2D eigenvalue weighted by Gasteiger charge is -2.29. The topological polar surface area (TPSA) is 45.7 Å². The largest absolute Gasteiger partial charge is 0.379 e. The van der Waals surface area contributed by atoms with Gasteiger partial charge in [-0.3, -0.25) is 14.6 Å². The first-order valence-electron chi connectivity index (χ1n) is 10.6. The van der Waals surface area contributed by atoms with Gasteiger partial charge in [0.2, 0.25) is 0 Å². The summed E-state index contributed by atoms with van der Waals surface area (Å²) in [5.41, 5.74) is 5.28. The van der Waals surface area contributed by atoms with Gasteiger partial charge in [-0.25, -0.2) is 4.98 Å². The molecule has 1 saturated heterocycles. The molecule has 0 saturated carbocycles. The van der Waals surface area contributed by atoms with E-state index in [0.29, 0.717) is 12.1 Å². The Balaban J connectivity index is 1.65. The number of amides is 1. The van der Waals surface area contributed by atoms with E-state index in [1.165, 1.54) is 11.1 Å². The molecule has 158 valence electrons. The number of carbonyl (C=O) groups is 1. The summed E-state index contributed by atoms with van der Waals surface area (Å²) in [4.78, 5) is 22.6. The zero-order valence-corrected chi connectivity index (χ0v) is 18.8. The van der Waals surface area contributed by atoms with Crippen molar-refractivity contribution in [2.24, 2.45) is 0 Å².